The van der Waals surface area contributed by atoms with Gasteiger partial charge < -0.3 is 0 Å². The molecule has 0 spiro atoms. The molecule has 0 unspecified atom stereocenters. The molecule has 2 aromatic heterocycles. The molecule has 0 aliphatic heterocycles. The number of carbonyl (C=O) groups is 1. The first kappa shape index (κ1) is 13.7. The van der Waals surface area contributed by atoms with Crippen LogP contribution >= 0.6 is 22.9 Å². The van der Waals surface area contributed by atoms with Crippen molar-refractivity contribution in [3.63, 3.8) is 0 Å². The van der Waals surface area contributed by atoms with Crippen LogP contribution in [0.1, 0.15) is 10.5 Å². The molecule has 0 saturated heterocycles. The summed E-state index contributed by atoms with van der Waals surface area (Å²) in [5.41, 5.74) is 1.93. The van der Waals surface area contributed by atoms with Gasteiger partial charge in [0, 0.05) is 22.2 Å². The highest BCUT2D eigenvalue weighted by atomic mass is 35.5. The third-order valence-corrected chi connectivity index (χ3v) is 3.86. The predicted molar refractivity (Wildman–Crippen MR) is 84.8 cm³/mol. The third-order valence-electron chi connectivity index (χ3n) is 2.77. The molecule has 0 atom stereocenters. The van der Waals surface area contributed by atoms with Crippen molar-refractivity contribution in [3.05, 3.63) is 64.8 Å². The highest BCUT2D eigenvalue weighted by Gasteiger charge is 2.11. The fourth-order valence-corrected chi connectivity index (χ4v) is 2.72. The fraction of sp³-hybridized carbons (Fsp3) is 0. The lowest BCUT2D eigenvalue weighted by molar-refractivity contribution is 0.102. The maximum atomic E-state index is 12.0. The van der Waals surface area contributed by atoms with Crippen LogP contribution in [0.5, 0.6) is 0 Å². The number of pyridine rings is 1. The lowest BCUT2D eigenvalue weighted by Crippen LogP contribution is -2.13. The molecular weight excluding hydrogens is 306 g/mol. The van der Waals surface area contributed by atoms with E-state index in [0.29, 0.717) is 15.8 Å². The molecule has 4 nitrogen and oxygen atoms in total. The average Bonchev–Trinajstić information content (AvgIpc) is 2.97. The summed E-state index contributed by atoms with van der Waals surface area (Å²) < 4.78 is 0. The minimum Gasteiger partial charge on any atom is -0.296 e. The molecule has 1 N–H and O–H groups in total. The maximum Gasteiger partial charge on any atom is 0.276 e. The molecule has 0 radical (unpaired) electrons. The molecule has 1 amide bonds. The van der Waals surface area contributed by atoms with Crippen molar-refractivity contribution in [1.82, 2.24) is 9.97 Å². The quantitative estimate of drug-likeness (QED) is 0.791. The molecule has 6 heteroatoms. The zero-order chi connectivity index (χ0) is 14.7. The summed E-state index contributed by atoms with van der Waals surface area (Å²) in [6.07, 6.45) is 1.58. The molecule has 0 aliphatic rings. The lowest BCUT2D eigenvalue weighted by Gasteiger charge is -2.01. The highest BCUT2D eigenvalue weighted by Crippen LogP contribution is 2.30. The van der Waals surface area contributed by atoms with Gasteiger partial charge in [0.1, 0.15) is 5.69 Å². The lowest BCUT2D eigenvalue weighted by atomic mass is 10.2. The number of hydrogen-bond acceptors (Lipinski definition) is 4. The number of carbonyl (C=O) groups excluding carboxylic acids is 1. The van der Waals surface area contributed by atoms with Gasteiger partial charge in [-0.05, 0) is 18.2 Å². The minimum absolute atomic E-state index is 0.282. The normalized spacial score (nSPS) is 10.3. The maximum absolute atomic E-state index is 12.0. The van der Waals surface area contributed by atoms with Gasteiger partial charge in [0.2, 0.25) is 0 Å². The van der Waals surface area contributed by atoms with E-state index in [0.717, 1.165) is 11.3 Å². The first-order valence-electron chi connectivity index (χ1n) is 6.17. The Bertz CT molecular complexity index is 773. The molecule has 2 heterocycles. The van der Waals surface area contributed by atoms with Gasteiger partial charge in [-0.15, -0.1) is 11.3 Å². The first-order valence-corrected chi connectivity index (χ1v) is 7.42. The van der Waals surface area contributed by atoms with Crippen LogP contribution in [0.2, 0.25) is 5.02 Å². The Morgan fingerprint density at radius 2 is 1.95 bits per heavy atom. The van der Waals surface area contributed by atoms with Crippen LogP contribution < -0.4 is 5.32 Å². The molecule has 0 aliphatic carbocycles. The number of thiazole rings is 1. The SMILES string of the molecule is O=C(Nc1nc(-c2ccccc2Cl)cs1)c1ccccn1. The number of nitrogens with one attached hydrogen (secondary N) is 1. The topological polar surface area (TPSA) is 54.9 Å². The molecule has 104 valence electrons. The van der Waals surface area contributed by atoms with Gasteiger partial charge in [0.05, 0.1) is 5.69 Å². The average molecular weight is 316 g/mol. The van der Waals surface area contributed by atoms with Crippen LogP contribution in [0, 0.1) is 0 Å². The van der Waals surface area contributed by atoms with Gasteiger partial charge in [-0.25, -0.2) is 4.98 Å². The summed E-state index contributed by atoms with van der Waals surface area (Å²) in [4.78, 5) is 20.4. The van der Waals surface area contributed by atoms with E-state index in [1.54, 1.807) is 24.4 Å². The van der Waals surface area contributed by atoms with Crippen LogP contribution in [0.25, 0.3) is 11.3 Å². The molecule has 3 aromatic rings. The Labute approximate surface area is 130 Å². The molecule has 0 fully saturated rings. The number of aromatic nitrogens is 2. The van der Waals surface area contributed by atoms with E-state index in [9.17, 15) is 4.79 Å². The number of benzene rings is 1. The summed E-state index contributed by atoms with van der Waals surface area (Å²) >= 11 is 7.48. The first-order chi connectivity index (χ1) is 10.2. The number of nitrogens with zero attached hydrogens (tertiary/aromatic N) is 2. The predicted octanol–water partition coefficient (Wildman–Crippen LogP) is 4.11. The van der Waals surface area contributed by atoms with Gasteiger partial charge in [-0.1, -0.05) is 35.9 Å². The van der Waals surface area contributed by atoms with Gasteiger partial charge in [-0.3, -0.25) is 15.1 Å². The molecule has 21 heavy (non-hydrogen) atoms. The van der Waals surface area contributed by atoms with Crippen molar-refractivity contribution in [2.45, 2.75) is 0 Å². The molecular formula is C15H10ClN3OS. The zero-order valence-electron chi connectivity index (χ0n) is 10.8. The van der Waals surface area contributed by atoms with E-state index < -0.39 is 0 Å². The molecule has 0 saturated carbocycles. The van der Waals surface area contributed by atoms with E-state index in [1.807, 2.05) is 29.6 Å². The number of halogens is 1. The summed E-state index contributed by atoms with van der Waals surface area (Å²) in [7, 11) is 0. The second kappa shape index (κ2) is 6.03. The number of rotatable bonds is 3. The van der Waals surface area contributed by atoms with E-state index in [2.05, 4.69) is 15.3 Å². The zero-order valence-corrected chi connectivity index (χ0v) is 12.4. The van der Waals surface area contributed by atoms with Crippen molar-refractivity contribution < 1.29 is 4.79 Å². The van der Waals surface area contributed by atoms with Crippen LogP contribution in [0.15, 0.2) is 54.0 Å². The van der Waals surface area contributed by atoms with E-state index in [-0.39, 0.29) is 5.91 Å². The van der Waals surface area contributed by atoms with Gasteiger partial charge in [-0.2, -0.15) is 0 Å². The highest BCUT2D eigenvalue weighted by molar-refractivity contribution is 7.14. The fourth-order valence-electron chi connectivity index (χ4n) is 1.78. The molecule has 1 aromatic carbocycles. The Morgan fingerprint density at radius 3 is 2.71 bits per heavy atom. The van der Waals surface area contributed by atoms with Crippen LogP contribution in [0.4, 0.5) is 5.13 Å². The van der Waals surface area contributed by atoms with Gasteiger partial charge in [0.15, 0.2) is 5.13 Å². The van der Waals surface area contributed by atoms with Crippen molar-refractivity contribution in [1.29, 1.82) is 0 Å². The second-order valence-corrected chi connectivity index (χ2v) is 5.45. The second-order valence-electron chi connectivity index (χ2n) is 4.19. The van der Waals surface area contributed by atoms with E-state index in [4.69, 9.17) is 11.6 Å². The molecule has 3 rings (SSSR count). The van der Waals surface area contributed by atoms with Crippen LogP contribution in [-0.2, 0) is 0 Å². The van der Waals surface area contributed by atoms with Crippen molar-refractivity contribution in [3.8, 4) is 11.3 Å². The standard InChI is InChI=1S/C15H10ClN3OS/c16-11-6-2-1-5-10(11)13-9-21-15(18-13)19-14(20)12-7-3-4-8-17-12/h1-9H,(H,18,19,20). The van der Waals surface area contributed by atoms with Crippen molar-refractivity contribution in [2.24, 2.45) is 0 Å². The number of anilines is 1. The minimum atomic E-state index is -0.282. The summed E-state index contributed by atoms with van der Waals surface area (Å²) in [6, 6.07) is 12.6. The van der Waals surface area contributed by atoms with E-state index in [1.165, 1.54) is 11.3 Å². The summed E-state index contributed by atoms with van der Waals surface area (Å²) in [5.74, 6) is -0.282. The Morgan fingerprint density at radius 1 is 1.14 bits per heavy atom. The number of amides is 1. The largest absolute Gasteiger partial charge is 0.296 e. The van der Waals surface area contributed by atoms with Crippen molar-refractivity contribution in [2.75, 3.05) is 5.32 Å². The van der Waals surface area contributed by atoms with Crippen LogP contribution in [-0.4, -0.2) is 15.9 Å². The number of hydrogen-bond donors (Lipinski definition) is 1. The van der Waals surface area contributed by atoms with Crippen LogP contribution in [0.3, 0.4) is 0 Å². The Hall–Kier alpha value is -2.24. The van der Waals surface area contributed by atoms with E-state index >= 15 is 0 Å². The van der Waals surface area contributed by atoms with Crippen molar-refractivity contribution >= 4 is 34.0 Å². The Balaban J connectivity index is 1.80. The van der Waals surface area contributed by atoms with Gasteiger partial charge >= 0.3 is 0 Å². The molecule has 0 bridgehead atoms. The Kier molecular flexibility index (Phi) is 3.94. The van der Waals surface area contributed by atoms with Gasteiger partial charge in [0.25, 0.3) is 5.91 Å². The summed E-state index contributed by atoms with van der Waals surface area (Å²) in [5, 5.41) is 5.73. The summed E-state index contributed by atoms with van der Waals surface area (Å²) in [6.45, 7) is 0. The smallest absolute Gasteiger partial charge is 0.276 e. The monoisotopic (exact) mass is 315 g/mol. The third kappa shape index (κ3) is 3.09.